The van der Waals surface area contributed by atoms with Gasteiger partial charge in [0.1, 0.15) is 12.4 Å². The van der Waals surface area contributed by atoms with Crippen LogP contribution in [0.4, 0.5) is 0 Å². The first-order chi connectivity index (χ1) is 15.3. The molecule has 0 unspecified atom stereocenters. The van der Waals surface area contributed by atoms with Gasteiger partial charge in [0, 0.05) is 17.5 Å². The summed E-state index contributed by atoms with van der Waals surface area (Å²) in [6.07, 6.45) is 0. The van der Waals surface area contributed by atoms with Crippen molar-refractivity contribution in [3.05, 3.63) is 82.0 Å². The van der Waals surface area contributed by atoms with Crippen molar-refractivity contribution in [1.29, 1.82) is 0 Å². The van der Waals surface area contributed by atoms with Gasteiger partial charge in [-0.2, -0.15) is 4.31 Å². The molecule has 2 N–H and O–H groups in total. The minimum atomic E-state index is -3.83. The van der Waals surface area contributed by atoms with E-state index in [0.717, 1.165) is 14.7 Å². The Morgan fingerprint density at radius 2 is 1.78 bits per heavy atom. The van der Waals surface area contributed by atoms with Crippen molar-refractivity contribution < 1.29 is 22.7 Å². The number of aryl methyl sites for hydroxylation is 1. The zero-order valence-electron chi connectivity index (χ0n) is 17.6. The molecule has 3 rings (SSSR count). The van der Waals surface area contributed by atoms with Crippen molar-refractivity contribution in [2.45, 2.75) is 18.4 Å². The first kappa shape index (κ1) is 23.5. The number of hydrazine groups is 1. The third-order valence-corrected chi connectivity index (χ3v) is 7.14. The molecule has 2 aromatic carbocycles. The molecule has 3 aromatic rings. The summed E-state index contributed by atoms with van der Waals surface area (Å²) in [5.41, 5.74) is 5.73. The Bertz CT molecular complexity index is 1180. The highest BCUT2D eigenvalue weighted by Crippen LogP contribution is 2.17. The van der Waals surface area contributed by atoms with Crippen LogP contribution < -0.4 is 15.6 Å². The van der Waals surface area contributed by atoms with Crippen LogP contribution in [0.2, 0.25) is 0 Å². The van der Waals surface area contributed by atoms with Crippen LogP contribution >= 0.6 is 11.3 Å². The molecule has 1 heterocycles. The van der Waals surface area contributed by atoms with Gasteiger partial charge in [-0.25, -0.2) is 8.42 Å². The number of nitrogens with zero attached hydrogens (tertiary/aromatic N) is 1. The van der Waals surface area contributed by atoms with Crippen molar-refractivity contribution in [1.82, 2.24) is 15.2 Å². The Morgan fingerprint density at radius 1 is 1.03 bits per heavy atom. The summed E-state index contributed by atoms with van der Waals surface area (Å²) in [4.78, 5) is 25.7. The molecule has 0 spiro atoms. The van der Waals surface area contributed by atoms with Crippen LogP contribution in [0.1, 0.15) is 20.8 Å². The van der Waals surface area contributed by atoms with E-state index in [0.29, 0.717) is 12.4 Å². The lowest BCUT2D eigenvalue weighted by Crippen LogP contribution is -2.46. The number of ether oxygens (including phenoxy) is 1. The maximum Gasteiger partial charge on any atom is 0.269 e. The van der Waals surface area contributed by atoms with E-state index in [1.165, 1.54) is 19.2 Å². The maximum atomic E-state index is 12.6. The van der Waals surface area contributed by atoms with Gasteiger partial charge >= 0.3 is 0 Å². The van der Waals surface area contributed by atoms with Gasteiger partial charge in [0.05, 0.1) is 11.4 Å². The molecule has 168 valence electrons. The van der Waals surface area contributed by atoms with Crippen molar-refractivity contribution >= 4 is 33.2 Å². The molecule has 1 aromatic heterocycles. The molecule has 0 fully saturated rings. The largest absolute Gasteiger partial charge is 0.488 e. The number of carbonyl (C=O) groups excluding carboxylic acids is 2. The third-order valence-electron chi connectivity index (χ3n) is 4.47. The molecule has 2 amide bonds. The highest BCUT2D eigenvalue weighted by Gasteiger charge is 2.23. The number of benzene rings is 2. The number of thiophene rings is 1. The van der Waals surface area contributed by atoms with Crippen molar-refractivity contribution in [2.24, 2.45) is 0 Å². The minimum absolute atomic E-state index is 0.0850. The molecule has 32 heavy (non-hydrogen) atoms. The van der Waals surface area contributed by atoms with Crippen molar-refractivity contribution in [2.75, 3.05) is 13.6 Å². The molecule has 0 bridgehead atoms. The Hall–Kier alpha value is -3.21. The monoisotopic (exact) mass is 473 g/mol. The van der Waals surface area contributed by atoms with Crippen LogP contribution in [0.15, 0.2) is 70.9 Å². The second-order valence-electron chi connectivity index (χ2n) is 6.97. The van der Waals surface area contributed by atoms with Crippen LogP contribution in [-0.4, -0.2) is 38.1 Å². The van der Waals surface area contributed by atoms with Gasteiger partial charge in [0.2, 0.25) is 10.0 Å². The Labute approximate surface area is 190 Å². The summed E-state index contributed by atoms with van der Waals surface area (Å²) in [7, 11) is -2.53. The predicted octanol–water partition coefficient (Wildman–Crippen LogP) is 2.72. The second kappa shape index (κ2) is 10.4. The fourth-order valence-corrected chi connectivity index (χ4v) is 4.44. The number of hydrogen-bond acceptors (Lipinski definition) is 6. The van der Waals surface area contributed by atoms with Crippen LogP contribution in [-0.2, 0) is 21.4 Å². The lowest BCUT2D eigenvalue weighted by molar-refractivity contribution is -0.121. The molecule has 0 radical (unpaired) electrons. The van der Waals surface area contributed by atoms with E-state index in [2.05, 4.69) is 10.9 Å². The zero-order chi connectivity index (χ0) is 23.1. The number of carbonyl (C=O) groups is 2. The summed E-state index contributed by atoms with van der Waals surface area (Å²) in [5, 5.41) is 1.95. The van der Waals surface area contributed by atoms with E-state index in [1.54, 1.807) is 47.7 Å². The van der Waals surface area contributed by atoms with E-state index < -0.39 is 28.4 Å². The van der Waals surface area contributed by atoms with Gasteiger partial charge < -0.3 is 4.74 Å². The average molecular weight is 474 g/mol. The zero-order valence-corrected chi connectivity index (χ0v) is 19.2. The van der Waals surface area contributed by atoms with Gasteiger partial charge in [-0.3, -0.25) is 20.4 Å². The van der Waals surface area contributed by atoms with E-state index in [1.807, 2.05) is 24.4 Å². The number of rotatable bonds is 8. The molecule has 0 saturated heterocycles. The van der Waals surface area contributed by atoms with E-state index in [9.17, 15) is 18.0 Å². The van der Waals surface area contributed by atoms with Gasteiger partial charge in [0.15, 0.2) is 0 Å². The fourth-order valence-electron chi connectivity index (χ4n) is 2.69. The summed E-state index contributed by atoms with van der Waals surface area (Å²) >= 11 is 1.57. The standard InChI is InChI=1S/C22H23N3O5S2/c1-16-8-10-20(11-9-16)32(28,29)25(2)14-21(26)23-24-22(27)17-5-3-6-18(13-17)30-15-19-7-4-12-31-19/h3-13H,14-15H2,1-2H3,(H,23,26)(H,24,27). The van der Waals surface area contributed by atoms with Crippen LogP contribution in [0.3, 0.4) is 0 Å². The summed E-state index contributed by atoms with van der Waals surface area (Å²) in [6, 6.07) is 16.7. The fraction of sp³-hybridized carbons (Fsp3) is 0.182. The SMILES string of the molecule is Cc1ccc(S(=O)(=O)N(C)CC(=O)NNC(=O)c2cccc(OCc3cccs3)c2)cc1. The highest BCUT2D eigenvalue weighted by atomic mass is 32.2. The lowest BCUT2D eigenvalue weighted by atomic mass is 10.2. The molecule has 0 atom stereocenters. The Kier molecular flexibility index (Phi) is 7.62. The topological polar surface area (TPSA) is 105 Å². The molecular weight excluding hydrogens is 450 g/mol. The van der Waals surface area contributed by atoms with Gasteiger partial charge in [-0.1, -0.05) is 29.8 Å². The molecular formula is C22H23N3O5S2. The van der Waals surface area contributed by atoms with E-state index in [-0.39, 0.29) is 10.5 Å². The molecule has 0 saturated carbocycles. The minimum Gasteiger partial charge on any atom is -0.488 e. The van der Waals surface area contributed by atoms with E-state index >= 15 is 0 Å². The molecule has 8 nitrogen and oxygen atoms in total. The van der Waals surface area contributed by atoms with Crippen LogP contribution in [0, 0.1) is 6.92 Å². The molecule has 0 aliphatic rings. The number of sulfonamides is 1. The van der Waals surface area contributed by atoms with Gasteiger partial charge in [-0.05, 0) is 48.7 Å². The number of nitrogens with one attached hydrogen (secondary N) is 2. The van der Waals surface area contributed by atoms with Crippen LogP contribution in [0.25, 0.3) is 0 Å². The Balaban J connectivity index is 1.52. The first-order valence-corrected chi connectivity index (χ1v) is 11.9. The smallest absolute Gasteiger partial charge is 0.269 e. The number of amides is 2. The average Bonchev–Trinajstić information content (AvgIpc) is 3.30. The number of likely N-dealkylation sites (N-methyl/N-ethyl adjacent to an activating group) is 1. The first-order valence-electron chi connectivity index (χ1n) is 9.63. The number of hydrogen-bond donors (Lipinski definition) is 2. The van der Waals surface area contributed by atoms with Crippen molar-refractivity contribution in [3.63, 3.8) is 0 Å². The second-order valence-corrected chi connectivity index (χ2v) is 10.0. The van der Waals surface area contributed by atoms with Crippen molar-refractivity contribution in [3.8, 4) is 5.75 Å². The molecule has 0 aliphatic carbocycles. The maximum absolute atomic E-state index is 12.6. The summed E-state index contributed by atoms with van der Waals surface area (Å²) < 4.78 is 31.7. The Morgan fingerprint density at radius 3 is 2.47 bits per heavy atom. The normalized spacial score (nSPS) is 11.2. The predicted molar refractivity (Wildman–Crippen MR) is 122 cm³/mol. The third kappa shape index (κ3) is 6.16. The highest BCUT2D eigenvalue weighted by molar-refractivity contribution is 7.89. The molecule has 10 heteroatoms. The van der Waals surface area contributed by atoms with Crippen LogP contribution in [0.5, 0.6) is 5.75 Å². The summed E-state index contributed by atoms with van der Waals surface area (Å²) in [6.45, 7) is 1.78. The quantitative estimate of drug-likeness (QED) is 0.490. The van der Waals surface area contributed by atoms with Gasteiger partial charge in [-0.15, -0.1) is 11.3 Å². The molecule has 0 aliphatic heterocycles. The van der Waals surface area contributed by atoms with Gasteiger partial charge in [0.25, 0.3) is 11.8 Å². The van der Waals surface area contributed by atoms with E-state index in [4.69, 9.17) is 4.74 Å². The summed E-state index contributed by atoms with van der Waals surface area (Å²) in [5.74, 6) is -0.716. The lowest BCUT2D eigenvalue weighted by Gasteiger charge is -2.17.